The van der Waals surface area contributed by atoms with Crippen molar-refractivity contribution in [3.8, 4) is 22.6 Å². The van der Waals surface area contributed by atoms with Crippen LogP contribution in [0.2, 0.25) is 0 Å². The topological polar surface area (TPSA) is 61.8 Å². The first-order valence-electron chi connectivity index (χ1n) is 11.2. The number of esters is 2. The van der Waals surface area contributed by atoms with Crippen LogP contribution in [0.25, 0.3) is 21.9 Å². The molecule has 1 atom stereocenters. The summed E-state index contributed by atoms with van der Waals surface area (Å²) in [5.74, 6) is 0.335. The zero-order valence-corrected chi connectivity index (χ0v) is 19.9. The maximum Gasteiger partial charge on any atom is 0.343 e. The van der Waals surface area contributed by atoms with Crippen molar-refractivity contribution < 1.29 is 23.8 Å². The molecule has 0 spiro atoms. The van der Waals surface area contributed by atoms with Gasteiger partial charge < -0.3 is 14.2 Å². The highest BCUT2D eigenvalue weighted by atomic mass is 16.5. The van der Waals surface area contributed by atoms with Gasteiger partial charge in [-0.15, -0.1) is 0 Å². The summed E-state index contributed by atoms with van der Waals surface area (Å²) in [6.45, 7) is 7.08. The third-order valence-electron chi connectivity index (χ3n) is 5.69. The van der Waals surface area contributed by atoms with Gasteiger partial charge in [0.25, 0.3) is 0 Å². The molecule has 0 radical (unpaired) electrons. The van der Waals surface area contributed by atoms with Gasteiger partial charge in [-0.3, -0.25) is 0 Å². The minimum atomic E-state index is -0.418. The Morgan fingerprint density at radius 3 is 2.03 bits per heavy atom. The molecule has 0 bridgehead atoms. The highest BCUT2D eigenvalue weighted by molar-refractivity contribution is 5.97. The molecule has 5 nitrogen and oxygen atoms in total. The molecule has 0 N–H and O–H groups in total. The van der Waals surface area contributed by atoms with Crippen molar-refractivity contribution in [1.82, 2.24) is 0 Å². The molecule has 4 rings (SSSR count). The molecule has 0 aliphatic carbocycles. The van der Waals surface area contributed by atoms with E-state index < -0.39 is 11.9 Å². The third kappa shape index (κ3) is 5.58. The number of benzene rings is 4. The van der Waals surface area contributed by atoms with Gasteiger partial charge in [-0.05, 0) is 83.8 Å². The van der Waals surface area contributed by atoms with Gasteiger partial charge in [0.1, 0.15) is 17.6 Å². The second kappa shape index (κ2) is 10.3. The lowest BCUT2D eigenvalue weighted by Gasteiger charge is -2.14. The lowest BCUT2D eigenvalue weighted by atomic mass is 9.98. The zero-order valence-electron chi connectivity index (χ0n) is 19.9. The van der Waals surface area contributed by atoms with Crippen LogP contribution < -0.4 is 9.47 Å². The van der Waals surface area contributed by atoms with Crippen molar-refractivity contribution in [3.05, 3.63) is 108 Å². The fraction of sp³-hybridized carbons (Fsp3) is 0.133. The van der Waals surface area contributed by atoms with E-state index in [1.165, 1.54) is 0 Å². The number of fused-ring (bicyclic) bond motifs is 1. The molecular weight excluding hydrogens is 440 g/mol. The lowest BCUT2D eigenvalue weighted by molar-refractivity contribution is -0.143. The Morgan fingerprint density at radius 2 is 1.37 bits per heavy atom. The fourth-order valence-electron chi connectivity index (χ4n) is 3.64. The molecule has 0 heterocycles. The van der Waals surface area contributed by atoms with Crippen LogP contribution in [0, 0.1) is 0 Å². The summed E-state index contributed by atoms with van der Waals surface area (Å²) >= 11 is 0. The summed E-state index contributed by atoms with van der Waals surface area (Å²) in [6, 6.07) is 26.4. The Kier molecular flexibility index (Phi) is 6.97. The predicted molar refractivity (Wildman–Crippen MR) is 137 cm³/mol. The van der Waals surface area contributed by atoms with Crippen molar-refractivity contribution in [1.29, 1.82) is 0 Å². The van der Waals surface area contributed by atoms with Gasteiger partial charge in [0, 0.05) is 5.57 Å². The summed E-state index contributed by atoms with van der Waals surface area (Å²) < 4.78 is 16.0. The number of ether oxygens (including phenoxy) is 3. The molecular formula is C30H26O5. The number of rotatable bonds is 7. The Hall–Kier alpha value is -4.38. The first-order chi connectivity index (χ1) is 16.8. The first-order valence-corrected chi connectivity index (χ1v) is 11.2. The Labute approximate surface area is 204 Å². The van der Waals surface area contributed by atoms with Crippen LogP contribution in [0.3, 0.4) is 0 Å². The van der Waals surface area contributed by atoms with Crippen molar-refractivity contribution in [2.45, 2.75) is 20.0 Å². The van der Waals surface area contributed by atoms with Crippen LogP contribution in [0.4, 0.5) is 0 Å². The molecule has 0 fully saturated rings. The maximum atomic E-state index is 12.6. The van der Waals surface area contributed by atoms with Gasteiger partial charge in [-0.25, -0.2) is 9.59 Å². The van der Waals surface area contributed by atoms with Crippen LogP contribution in [-0.4, -0.2) is 19.0 Å². The van der Waals surface area contributed by atoms with Gasteiger partial charge in [-0.1, -0.05) is 49.0 Å². The van der Waals surface area contributed by atoms with Crippen molar-refractivity contribution in [2.75, 3.05) is 7.11 Å². The SMILES string of the molecule is C=C(C)C(=O)OC(C)c1ccc(-c2ccc3cc(C(=O)Oc4ccc(OC)cc4)ccc3c2)cc1. The second-order valence-electron chi connectivity index (χ2n) is 8.29. The predicted octanol–water partition coefficient (Wildman–Crippen LogP) is 6.91. The molecule has 176 valence electrons. The molecule has 4 aromatic carbocycles. The molecule has 4 aromatic rings. The first kappa shape index (κ1) is 23.8. The highest BCUT2D eigenvalue weighted by Crippen LogP contribution is 2.28. The standard InChI is InChI=1S/C30H26O5/c1-19(2)29(31)34-20(3)21-5-7-22(8-6-21)23-9-10-25-18-26(12-11-24(25)17-23)30(32)35-28-15-13-27(33-4)14-16-28/h5-18,20H,1H2,2-4H3. The smallest absolute Gasteiger partial charge is 0.343 e. The quantitative estimate of drug-likeness (QED) is 0.168. The number of methoxy groups -OCH3 is 1. The van der Waals surface area contributed by atoms with E-state index >= 15 is 0 Å². The highest BCUT2D eigenvalue weighted by Gasteiger charge is 2.13. The Morgan fingerprint density at radius 1 is 0.771 bits per heavy atom. The fourth-order valence-corrected chi connectivity index (χ4v) is 3.64. The largest absolute Gasteiger partial charge is 0.497 e. The van der Waals surface area contributed by atoms with Gasteiger partial charge in [0.05, 0.1) is 12.7 Å². The van der Waals surface area contributed by atoms with Crippen LogP contribution in [0.1, 0.15) is 35.9 Å². The maximum absolute atomic E-state index is 12.6. The summed E-state index contributed by atoms with van der Waals surface area (Å²) in [5, 5.41) is 1.95. The van der Waals surface area contributed by atoms with E-state index in [1.807, 2.05) is 55.5 Å². The lowest BCUT2D eigenvalue weighted by Crippen LogP contribution is -2.09. The van der Waals surface area contributed by atoms with E-state index in [9.17, 15) is 9.59 Å². The van der Waals surface area contributed by atoms with E-state index in [-0.39, 0.29) is 6.10 Å². The van der Waals surface area contributed by atoms with Gasteiger partial charge in [-0.2, -0.15) is 0 Å². The number of carbonyl (C=O) groups is 2. The molecule has 0 aliphatic rings. The van der Waals surface area contributed by atoms with Crippen LogP contribution in [-0.2, 0) is 9.53 Å². The molecule has 0 aliphatic heterocycles. The van der Waals surface area contributed by atoms with Gasteiger partial charge in [0.2, 0.25) is 0 Å². The number of hydrogen-bond donors (Lipinski definition) is 0. The number of carbonyl (C=O) groups excluding carboxylic acids is 2. The van der Waals surface area contributed by atoms with Crippen LogP contribution in [0.5, 0.6) is 11.5 Å². The summed E-state index contributed by atoms with van der Waals surface area (Å²) in [5.41, 5.74) is 3.84. The van der Waals surface area contributed by atoms with Gasteiger partial charge >= 0.3 is 11.9 Å². The average Bonchev–Trinajstić information content (AvgIpc) is 2.88. The third-order valence-corrected chi connectivity index (χ3v) is 5.69. The van der Waals surface area contributed by atoms with E-state index in [4.69, 9.17) is 14.2 Å². The van der Waals surface area contributed by atoms with E-state index in [0.717, 1.165) is 27.5 Å². The monoisotopic (exact) mass is 466 g/mol. The molecule has 0 amide bonds. The van der Waals surface area contributed by atoms with E-state index in [1.54, 1.807) is 44.4 Å². The molecule has 0 saturated carbocycles. The minimum absolute atomic E-state index is 0.360. The second-order valence-corrected chi connectivity index (χ2v) is 8.29. The summed E-state index contributed by atoms with van der Waals surface area (Å²) in [4.78, 5) is 24.4. The molecule has 0 aromatic heterocycles. The Balaban J connectivity index is 1.49. The van der Waals surface area contributed by atoms with Gasteiger partial charge in [0.15, 0.2) is 0 Å². The van der Waals surface area contributed by atoms with Crippen molar-refractivity contribution in [2.24, 2.45) is 0 Å². The van der Waals surface area contributed by atoms with Crippen LogP contribution >= 0.6 is 0 Å². The minimum Gasteiger partial charge on any atom is -0.497 e. The summed E-state index contributed by atoms with van der Waals surface area (Å²) in [7, 11) is 1.58. The van der Waals surface area contributed by atoms with E-state index in [0.29, 0.717) is 22.6 Å². The van der Waals surface area contributed by atoms with Crippen molar-refractivity contribution in [3.63, 3.8) is 0 Å². The Bertz CT molecular complexity index is 1380. The average molecular weight is 467 g/mol. The van der Waals surface area contributed by atoms with Crippen LogP contribution in [0.15, 0.2) is 97.1 Å². The molecule has 0 saturated heterocycles. The van der Waals surface area contributed by atoms with Crippen molar-refractivity contribution >= 4 is 22.7 Å². The normalized spacial score (nSPS) is 11.5. The zero-order chi connectivity index (χ0) is 24.9. The molecule has 5 heteroatoms. The molecule has 35 heavy (non-hydrogen) atoms. The summed E-state index contributed by atoms with van der Waals surface area (Å²) in [6.07, 6.45) is -0.360. The molecule has 1 unspecified atom stereocenters. The van der Waals surface area contributed by atoms with E-state index in [2.05, 4.69) is 12.6 Å². The number of hydrogen-bond acceptors (Lipinski definition) is 5.